The van der Waals surface area contributed by atoms with Gasteiger partial charge in [0.1, 0.15) is 5.82 Å². The van der Waals surface area contributed by atoms with Gasteiger partial charge in [0.05, 0.1) is 6.54 Å². The molecule has 0 unspecified atom stereocenters. The van der Waals surface area contributed by atoms with E-state index in [0.717, 1.165) is 0 Å². The Morgan fingerprint density at radius 1 is 1.32 bits per heavy atom. The lowest BCUT2D eigenvalue weighted by Gasteiger charge is -2.17. The van der Waals surface area contributed by atoms with Crippen molar-refractivity contribution in [3.05, 3.63) is 30.1 Å². The number of anilines is 1. The standard InChI is InChI=1S/C13H19FN2O3/c1-3-18-12(19-4-2)9-15-13(17)16-11-7-5-6-10(14)8-11/h5-8,12H,3-4,9H2,1-2H3,(H2,15,16,17). The summed E-state index contributed by atoms with van der Waals surface area (Å²) >= 11 is 0. The number of carbonyl (C=O) groups is 1. The Hall–Kier alpha value is -1.66. The van der Waals surface area contributed by atoms with E-state index in [1.807, 2.05) is 13.8 Å². The van der Waals surface area contributed by atoms with E-state index in [4.69, 9.17) is 9.47 Å². The van der Waals surface area contributed by atoms with E-state index in [2.05, 4.69) is 10.6 Å². The Kier molecular flexibility index (Phi) is 6.84. The van der Waals surface area contributed by atoms with E-state index in [-0.39, 0.29) is 6.54 Å². The second-order valence-electron chi connectivity index (χ2n) is 3.69. The van der Waals surface area contributed by atoms with E-state index in [9.17, 15) is 9.18 Å². The van der Waals surface area contributed by atoms with Crippen LogP contribution in [0.2, 0.25) is 0 Å². The van der Waals surface area contributed by atoms with Crippen molar-refractivity contribution in [1.29, 1.82) is 0 Å². The zero-order chi connectivity index (χ0) is 14.1. The average Bonchev–Trinajstić information content (AvgIpc) is 2.36. The number of carbonyl (C=O) groups excluding carboxylic acids is 1. The Balaban J connectivity index is 2.38. The molecule has 106 valence electrons. The second-order valence-corrected chi connectivity index (χ2v) is 3.69. The molecule has 0 aromatic heterocycles. The van der Waals surface area contributed by atoms with Crippen LogP contribution in [-0.2, 0) is 9.47 Å². The van der Waals surface area contributed by atoms with Crippen LogP contribution >= 0.6 is 0 Å². The van der Waals surface area contributed by atoms with Crippen LogP contribution in [0.4, 0.5) is 14.9 Å². The Morgan fingerprint density at radius 3 is 2.58 bits per heavy atom. The van der Waals surface area contributed by atoms with Crippen LogP contribution in [0.3, 0.4) is 0 Å². The molecule has 0 aliphatic carbocycles. The Labute approximate surface area is 112 Å². The van der Waals surface area contributed by atoms with Gasteiger partial charge in [-0.1, -0.05) is 6.07 Å². The van der Waals surface area contributed by atoms with Crippen molar-refractivity contribution in [2.24, 2.45) is 0 Å². The van der Waals surface area contributed by atoms with E-state index in [1.165, 1.54) is 18.2 Å². The molecule has 0 saturated heterocycles. The Morgan fingerprint density at radius 2 is 2.00 bits per heavy atom. The van der Waals surface area contributed by atoms with Gasteiger partial charge in [-0.15, -0.1) is 0 Å². The first-order valence-corrected chi connectivity index (χ1v) is 6.19. The number of rotatable bonds is 7. The molecule has 1 rings (SSSR count). The van der Waals surface area contributed by atoms with Crippen molar-refractivity contribution in [3.8, 4) is 0 Å². The van der Waals surface area contributed by atoms with Crippen molar-refractivity contribution in [1.82, 2.24) is 5.32 Å². The number of amides is 2. The fourth-order valence-corrected chi connectivity index (χ4v) is 1.46. The van der Waals surface area contributed by atoms with Crippen LogP contribution in [0, 0.1) is 5.82 Å². The normalized spacial score (nSPS) is 10.5. The van der Waals surface area contributed by atoms with Crippen LogP contribution in [0.15, 0.2) is 24.3 Å². The first-order chi connectivity index (χ1) is 9.15. The number of urea groups is 1. The van der Waals surface area contributed by atoms with Crippen LogP contribution in [0.5, 0.6) is 0 Å². The SMILES string of the molecule is CCOC(CNC(=O)Nc1cccc(F)c1)OCC. The highest BCUT2D eigenvalue weighted by atomic mass is 19.1. The summed E-state index contributed by atoms with van der Waals surface area (Å²) in [4.78, 5) is 11.6. The van der Waals surface area contributed by atoms with Crippen molar-refractivity contribution >= 4 is 11.7 Å². The van der Waals surface area contributed by atoms with E-state index < -0.39 is 18.1 Å². The highest BCUT2D eigenvalue weighted by Crippen LogP contribution is 2.08. The van der Waals surface area contributed by atoms with Gasteiger partial charge in [0.2, 0.25) is 0 Å². The smallest absolute Gasteiger partial charge is 0.319 e. The number of hydrogen-bond acceptors (Lipinski definition) is 3. The predicted octanol–water partition coefficient (Wildman–Crippen LogP) is 2.35. The summed E-state index contributed by atoms with van der Waals surface area (Å²) in [5.41, 5.74) is 0.391. The lowest BCUT2D eigenvalue weighted by Crippen LogP contribution is -2.37. The summed E-state index contributed by atoms with van der Waals surface area (Å²) in [6.45, 7) is 4.91. The van der Waals surface area contributed by atoms with Gasteiger partial charge in [-0.2, -0.15) is 0 Å². The molecule has 2 amide bonds. The molecule has 5 nitrogen and oxygen atoms in total. The molecule has 0 saturated carbocycles. The molecule has 0 aliphatic heterocycles. The Bertz CT molecular complexity index is 395. The van der Waals surface area contributed by atoms with Gasteiger partial charge in [-0.3, -0.25) is 0 Å². The molecule has 1 aromatic carbocycles. The molecular weight excluding hydrogens is 251 g/mol. The molecule has 0 aliphatic rings. The maximum Gasteiger partial charge on any atom is 0.319 e. The van der Waals surface area contributed by atoms with Crippen molar-refractivity contribution in [2.75, 3.05) is 25.1 Å². The van der Waals surface area contributed by atoms with Crippen LogP contribution in [0.25, 0.3) is 0 Å². The second kappa shape index (κ2) is 8.44. The first-order valence-electron chi connectivity index (χ1n) is 6.19. The third-order valence-electron chi connectivity index (χ3n) is 2.22. The fraction of sp³-hybridized carbons (Fsp3) is 0.462. The lowest BCUT2D eigenvalue weighted by atomic mass is 10.3. The van der Waals surface area contributed by atoms with Crippen molar-refractivity contribution in [2.45, 2.75) is 20.1 Å². The third-order valence-corrected chi connectivity index (χ3v) is 2.22. The minimum absolute atomic E-state index is 0.225. The number of benzene rings is 1. The molecule has 0 bridgehead atoms. The molecule has 1 aromatic rings. The van der Waals surface area contributed by atoms with Gasteiger partial charge in [-0.25, -0.2) is 9.18 Å². The number of ether oxygens (including phenoxy) is 2. The lowest BCUT2D eigenvalue weighted by molar-refractivity contribution is -0.131. The summed E-state index contributed by atoms with van der Waals surface area (Å²) in [5, 5.41) is 5.12. The summed E-state index contributed by atoms with van der Waals surface area (Å²) in [6.07, 6.45) is -0.478. The van der Waals surface area contributed by atoms with Gasteiger partial charge >= 0.3 is 6.03 Å². The van der Waals surface area contributed by atoms with E-state index in [0.29, 0.717) is 18.9 Å². The van der Waals surface area contributed by atoms with E-state index >= 15 is 0 Å². The largest absolute Gasteiger partial charge is 0.351 e. The zero-order valence-electron chi connectivity index (χ0n) is 11.1. The van der Waals surface area contributed by atoms with Gasteiger partial charge < -0.3 is 20.1 Å². The van der Waals surface area contributed by atoms with Crippen LogP contribution in [-0.4, -0.2) is 32.1 Å². The van der Waals surface area contributed by atoms with E-state index in [1.54, 1.807) is 6.07 Å². The summed E-state index contributed by atoms with van der Waals surface area (Å²) < 4.78 is 23.5. The van der Waals surface area contributed by atoms with Gasteiger partial charge in [0.15, 0.2) is 6.29 Å². The molecule has 0 fully saturated rings. The summed E-state index contributed by atoms with van der Waals surface area (Å²) in [6, 6.07) is 5.24. The summed E-state index contributed by atoms with van der Waals surface area (Å²) in [7, 11) is 0. The molecule has 0 spiro atoms. The molecule has 0 atom stereocenters. The molecule has 0 radical (unpaired) electrons. The monoisotopic (exact) mass is 270 g/mol. The van der Waals surface area contributed by atoms with Crippen molar-refractivity contribution in [3.63, 3.8) is 0 Å². The summed E-state index contributed by atoms with van der Waals surface area (Å²) in [5.74, 6) is -0.403. The van der Waals surface area contributed by atoms with Crippen LogP contribution in [0.1, 0.15) is 13.8 Å². The van der Waals surface area contributed by atoms with Crippen molar-refractivity contribution < 1.29 is 18.7 Å². The van der Waals surface area contributed by atoms with Crippen LogP contribution < -0.4 is 10.6 Å². The molecule has 0 heterocycles. The number of halogens is 1. The zero-order valence-corrected chi connectivity index (χ0v) is 11.1. The minimum Gasteiger partial charge on any atom is -0.351 e. The maximum absolute atomic E-state index is 12.9. The van der Waals surface area contributed by atoms with Gasteiger partial charge in [0, 0.05) is 18.9 Å². The third kappa shape index (κ3) is 6.17. The van der Waals surface area contributed by atoms with Gasteiger partial charge in [-0.05, 0) is 32.0 Å². The minimum atomic E-state index is -0.478. The quantitative estimate of drug-likeness (QED) is 0.748. The topological polar surface area (TPSA) is 59.6 Å². The molecular formula is C13H19FN2O3. The molecule has 19 heavy (non-hydrogen) atoms. The number of nitrogens with one attached hydrogen (secondary N) is 2. The highest BCUT2D eigenvalue weighted by Gasteiger charge is 2.10. The number of hydrogen-bond donors (Lipinski definition) is 2. The molecule has 6 heteroatoms. The predicted molar refractivity (Wildman–Crippen MR) is 70.5 cm³/mol. The molecule has 2 N–H and O–H groups in total. The van der Waals surface area contributed by atoms with Gasteiger partial charge in [0.25, 0.3) is 0 Å². The fourth-order valence-electron chi connectivity index (χ4n) is 1.46. The highest BCUT2D eigenvalue weighted by molar-refractivity contribution is 5.89. The first kappa shape index (κ1) is 15.4. The average molecular weight is 270 g/mol. The maximum atomic E-state index is 12.9.